The highest BCUT2D eigenvalue weighted by Crippen LogP contribution is 2.13. The van der Waals surface area contributed by atoms with Gasteiger partial charge in [0.2, 0.25) is 0 Å². The van der Waals surface area contributed by atoms with Crippen molar-refractivity contribution < 1.29 is 0 Å². The topological polar surface area (TPSA) is 53.6 Å². The van der Waals surface area contributed by atoms with E-state index in [9.17, 15) is 0 Å². The first-order chi connectivity index (χ1) is 11.6. The number of nitrogens with one attached hydrogen (secondary N) is 1. The molecule has 0 unspecified atom stereocenters. The lowest BCUT2D eigenvalue weighted by molar-refractivity contribution is 0.832. The smallest absolute Gasteiger partial charge is 0.193 e. The average Bonchev–Trinajstić information content (AvgIpc) is 2.60. The number of benzene rings is 2. The van der Waals surface area contributed by atoms with Gasteiger partial charge in [0.05, 0.1) is 0 Å². The van der Waals surface area contributed by atoms with Crippen LogP contribution in [0.1, 0.15) is 24.5 Å². The molecule has 2 aromatic carbocycles. The summed E-state index contributed by atoms with van der Waals surface area (Å²) in [5, 5.41) is 3.13. The molecule has 2 rings (SSSR count). The summed E-state index contributed by atoms with van der Waals surface area (Å²) in [5.74, 6) is 0.474. The third-order valence-corrected chi connectivity index (χ3v) is 3.99. The molecule has 0 bridgehead atoms. The van der Waals surface area contributed by atoms with Crippen LogP contribution in [0.4, 0.5) is 11.4 Å². The Morgan fingerprint density at radius 2 is 1.62 bits per heavy atom. The second-order valence-electron chi connectivity index (χ2n) is 6.11. The van der Waals surface area contributed by atoms with Crippen molar-refractivity contribution in [2.45, 2.75) is 26.2 Å². The Morgan fingerprint density at radius 1 is 1.00 bits per heavy atom. The zero-order valence-corrected chi connectivity index (χ0v) is 14.9. The normalized spacial score (nSPS) is 11.4. The summed E-state index contributed by atoms with van der Waals surface area (Å²) >= 11 is 0. The number of rotatable bonds is 7. The minimum atomic E-state index is 0.474. The van der Waals surface area contributed by atoms with Gasteiger partial charge in [-0.15, -0.1) is 0 Å². The number of guanidine groups is 1. The van der Waals surface area contributed by atoms with Crippen molar-refractivity contribution in [3.8, 4) is 0 Å². The van der Waals surface area contributed by atoms with Gasteiger partial charge in [0.15, 0.2) is 5.96 Å². The minimum Gasteiger partial charge on any atom is -0.378 e. The fourth-order valence-corrected chi connectivity index (χ4v) is 2.45. The quantitative estimate of drug-likeness (QED) is 0.464. The predicted molar refractivity (Wildman–Crippen MR) is 105 cm³/mol. The van der Waals surface area contributed by atoms with Crippen molar-refractivity contribution in [1.82, 2.24) is 0 Å². The molecule has 128 valence electrons. The van der Waals surface area contributed by atoms with Crippen molar-refractivity contribution >= 4 is 17.3 Å². The summed E-state index contributed by atoms with van der Waals surface area (Å²) in [6.45, 7) is 2.87. The Morgan fingerprint density at radius 3 is 2.21 bits per heavy atom. The zero-order valence-electron chi connectivity index (χ0n) is 14.9. The first kappa shape index (κ1) is 17.9. The van der Waals surface area contributed by atoms with E-state index in [0.29, 0.717) is 5.96 Å². The Kier molecular flexibility index (Phi) is 6.67. The molecule has 0 amide bonds. The fourth-order valence-electron chi connectivity index (χ4n) is 2.45. The van der Waals surface area contributed by atoms with Gasteiger partial charge >= 0.3 is 0 Å². The van der Waals surface area contributed by atoms with Crippen LogP contribution >= 0.6 is 0 Å². The summed E-state index contributed by atoms with van der Waals surface area (Å²) in [7, 11) is 4.10. The average molecular weight is 324 g/mol. The summed E-state index contributed by atoms with van der Waals surface area (Å²) in [4.78, 5) is 6.50. The van der Waals surface area contributed by atoms with E-state index in [4.69, 9.17) is 5.73 Å². The van der Waals surface area contributed by atoms with Crippen LogP contribution in [0.15, 0.2) is 53.5 Å². The van der Waals surface area contributed by atoms with Crippen molar-refractivity contribution in [2.24, 2.45) is 10.7 Å². The van der Waals surface area contributed by atoms with E-state index < -0.39 is 0 Å². The Balaban J connectivity index is 1.76. The second kappa shape index (κ2) is 8.96. The molecule has 2 aromatic rings. The van der Waals surface area contributed by atoms with Crippen LogP contribution < -0.4 is 16.0 Å². The van der Waals surface area contributed by atoms with Crippen molar-refractivity contribution in [1.29, 1.82) is 0 Å². The van der Waals surface area contributed by atoms with Crippen LogP contribution in [0.5, 0.6) is 0 Å². The van der Waals surface area contributed by atoms with E-state index in [1.807, 2.05) is 12.1 Å². The maximum Gasteiger partial charge on any atom is 0.193 e. The summed E-state index contributed by atoms with van der Waals surface area (Å²) < 4.78 is 0. The lowest BCUT2D eigenvalue weighted by atomic mass is 10.1. The van der Waals surface area contributed by atoms with Crippen LogP contribution in [0.3, 0.4) is 0 Å². The number of hydrogen-bond donors (Lipinski definition) is 2. The molecule has 0 aliphatic rings. The number of hydrogen-bond acceptors (Lipinski definition) is 2. The highest BCUT2D eigenvalue weighted by Gasteiger charge is 1.98. The maximum absolute atomic E-state index is 5.94. The number of aliphatic imine (C=N–C) groups is 1. The predicted octanol–water partition coefficient (Wildman–Crippen LogP) is 3.67. The SMILES string of the molecule is CCc1ccc(NC(N)=NCCCc2ccc(N(C)C)cc2)cc1. The Labute approximate surface area is 145 Å². The summed E-state index contributed by atoms with van der Waals surface area (Å²) in [6.07, 6.45) is 3.04. The number of nitrogens with zero attached hydrogens (tertiary/aromatic N) is 2. The molecule has 0 atom stereocenters. The maximum atomic E-state index is 5.94. The molecule has 0 heterocycles. The van der Waals surface area contributed by atoms with E-state index in [1.54, 1.807) is 0 Å². The van der Waals surface area contributed by atoms with Gasteiger partial charge in [-0.25, -0.2) is 0 Å². The van der Waals surface area contributed by atoms with Crippen LogP contribution in [-0.2, 0) is 12.8 Å². The molecule has 24 heavy (non-hydrogen) atoms. The lowest BCUT2D eigenvalue weighted by Gasteiger charge is -2.12. The molecule has 0 aliphatic heterocycles. The van der Waals surface area contributed by atoms with Crippen LogP contribution in [-0.4, -0.2) is 26.6 Å². The van der Waals surface area contributed by atoms with Crippen molar-refractivity contribution in [3.05, 3.63) is 59.7 Å². The molecule has 3 N–H and O–H groups in total. The third kappa shape index (κ3) is 5.61. The highest BCUT2D eigenvalue weighted by atomic mass is 15.1. The monoisotopic (exact) mass is 324 g/mol. The highest BCUT2D eigenvalue weighted by molar-refractivity contribution is 5.92. The largest absolute Gasteiger partial charge is 0.378 e. The van der Waals surface area contributed by atoms with Gasteiger partial charge in [0.25, 0.3) is 0 Å². The lowest BCUT2D eigenvalue weighted by Crippen LogP contribution is -2.22. The van der Waals surface area contributed by atoms with Crippen LogP contribution in [0.2, 0.25) is 0 Å². The molecular formula is C20H28N4. The Hall–Kier alpha value is -2.49. The molecule has 0 saturated carbocycles. The second-order valence-corrected chi connectivity index (χ2v) is 6.11. The molecule has 4 heteroatoms. The molecule has 0 aliphatic carbocycles. The first-order valence-electron chi connectivity index (χ1n) is 8.50. The van der Waals surface area contributed by atoms with Gasteiger partial charge in [-0.05, 0) is 54.7 Å². The zero-order chi connectivity index (χ0) is 17.4. The minimum absolute atomic E-state index is 0.474. The molecule has 0 radical (unpaired) electrons. The molecule has 0 spiro atoms. The van der Waals surface area contributed by atoms with E-state index in [2.05, 4.69) is 72.6 Å². The molecule has 4 nitrogen and oxygen atoms in total. The van der Waals surface area contributed by atoms with Crippen LogP contribution in [0, 0.1) is 0 Å². The molecular weight excluding hydrogens is 296 g/mol. The van der Waals surface area contributed by atoms with Gasteiger partial charge in [0, 0.05) is 32.0 Å². The van der Waals surface area contributed by atoms with Crippen LogP contribution in [0.25, 0.3) is 0 Å². The van der Waals surface area contributed by atoms with Crippen molar-refractivity contribution in [2.75, 3.05) is 30.9 Å². The van der Waals surface area contributed by atoms with Gasteiger partial charge in [-0.3, -0.25) is 4.99 Å². The van der Waals surface area contributed by atoms with Gasteiger partial charge in [-0.1, -0.05) is 31.2 Å². The van der Waals surface area contributed by atoms with E-state index >= 15 is 0 Å². The first-order valence-corrected chi connectivity index (χ1v) is 8.50. The van der Waals surface area contributed by atoms with Crippen molar-refractivity contribution in [3.63, 3.8) is 0 Å². The fraction of sp³-hybridized carbons (Fsp3) is 0.350. The van der Waals surface area contributed by atoms with Gasteiger partial charge < -0.3 is 16.0 Å². The van der Waals surface area contributed by atoms with Gasteiger partial charge in [0.1, 0.15) is 0 Å². The number of nitrogens with two attached hydrogens (primary N) is 1. The number of anilines is 2. The van der Waals surface area contributed by atoms with Gasteiger partial charge in [-0.2, -0.15) is 0 Å². The molecule has 0 saturated heterocycles. The number of aryl methyl sites for hydroxylation is 2. The third-order valence-electron chi connectivity index (χ3n) is 3.99. The van der Waals surface area contributed by atoms with E-state index in [-0.39, 0.29) is 0 Å². The molecule has 0 aromatic heterocycles. The van der Waals surface area contributed by atoms with E-state index in [0.717, 1.165) is 31.5 Å². The summed E-state index contributed by atoms with van der Waals surface area (Å²) in [5.41, 5.74) is 10.8. The molecule has 0 fully saturated rings. The Bertz CT molecular complexity index is 642. The standard InChI is InChI=1S/C20H28N4/c1-4-16-7-11-18(12-8-16)23-20(21)22-15-5-6-17-9-13-19(14-10-17)24(2)3/h7-14H,4-6,15H2,1-3H3,(H3,21,22,23). The summed E-state index contributed by atoms with van der Waals surface area (Å²) in [6, 6.07) is 16.9. The van der Waals surface area contributed by atoms with E-state index in [1.165, 1.54) is 16.8 Å².